The smallest absolute Gasteiger partial charge is 0.324 e. The molecule has 1 aliphatic carbocycles. The topological polar surface area (TPSA) is 58.6 Å². The van der Waals surface area contributed by atoms with Crippen LogP contribution in [0, 0.1) is 5.92 Å². The van der Waals surface area contributed by atoms with Crippen molar-refractivity contribution in [2.45, 2.75) is 77.5 Å². The van der Waals surface area contributed by atoms with Crippen LogP contribution in [-0.4, -0.2) is 34.9 Å². The summed E-state index contributed by atoms with van der Waals surface area (Å²) in [5.74, 6) is -0.547. The quantitative estimate of drug-likeness (QED) is 0.780. The van der Waals surface area contributed by atoms with Crippen LogP contribution < -0.4 is 5.32 Å². The number of aliphatic carboxylic acids is 1. The normalized spacial score (nSPS) is 28.0. The summed E-state index contributed by atoms with van der Waals surface area (Å²) in [4.78, 5) is 11.7. The maximum Gasteiger partial charge on any atom is 0.324 e. The van der Waals surface area contributed by atoms with Gasteiger partial charge in [0.15, 0.2) is 0 Å². The molecule has 0 aliphatic heterocycles. The lowest BCUT2D eigenvalue weighted by molar-refractivity contribution is -0.147. The van der Waals surface area contributed by atoms with E-state index in [9.17, 15) is 9.90 Å². The Balaban J connectivity index is 2.66. The average Bonchev–Trinajstić information content (AvgIpc) is 2.60. The maximum atomic E-state index is 11.7. The minimum Gasteiger partial charge on any atom is -0.480 e. The van der Waals surface area contributed by atoms with Gasteiger partial charge in [0.25, 0.3) is 0 Å². The van der Waals surface area contributed by atoms with Crippen molar-refractivity contribution >= 4 is 5.97 Å². The van der Waals surface area contributed by atoms with Gasteiger partial charge in [0.2, 0.25) is 0 Å². The molecule has 0 amide bonds. The van der Waals surface area contributed by atoms with Gasteiger partial charge >= 0.3 is 5.97 Å². The zero-order chi connectivity index (χ0) is 14.7. The second kappa shape index (κ2) is 6.23. The van der Waals surface area contributed by atoms with Crippen molar-refractivity contribution in [3.63, 3.8) is 0 Å². The Morgan fingerprint density at radius 3 is 2.58 bits per heavy atom. The van der Waals surface area contributed by atoms with Crippen LogP contribution in [-0.2, 0) is 9.53 Å². The molecule has 0 bridgehead atoms. The highest BCUT2D eigenvalue weighted by atomic mass is 16.5. The Labute approximate surface area is 116 Å². The zero-order valence-corrected chi connectivity index (χ0v) is 13.0. The van der Waals surface area contributed by atoms with Crippen molar-refractivity contribution in [2.24, 2.45) is 5.92 Å². The summed E-state index contributed by atoms with van der Waals surface area (Å²) in [5, 5.41) is 12.9. The van der Waals surface area contributed by atoms with Gasteiger partial charge in [-0.25, -0.2) is 0 Å². The minimum absolute atomic E-state index is 0.157. The van der Waals surface area contributed by atoms with Gasteiger partial charge in [0.1, 0.15) is 5.54 Å². The van der Waals surface area contributed by atoms with Gasteiger partial charge < -0.3 is 9.84 Å². The van der Waals surface area contributed by atoms with Crippen molar-refractivity contribution < 1.29 is 14.6 Å². The molecule has 4 heteroatoms. The Morgan fingerprint density at radius 1 is 1.47 bits per heavy atom. The Hall–Kier alpha value is -0.610. The van der Waals surface area contributed by atoms with Gasteiger partial charge in [-0.3, -0.25) is 10.1 Å². The molecule has 1 aliphatic rings. The molecule has 0 aromatic rings. The maximum absolute atomic E-state index is 11.7. The molecule has 1 rings (SSSR count). The molecule has 0 spiro atoms. The fraction of sp³-hybridized carbons (Fsp3) is 0.933. The number of nitrogens with one attached hydrogen (secondary N) is 1. The number of ether oxygens (including phenoxy) is 1. The van der Waals surface area contributed by atoms with E-state index >= 15 is 0 Å². The minimum atomic E-state index is -0.755. The van der Waals surface area contributed by atoms with E-state index in [0.717, 1.165) is 25.7 Å². The summed E-state index contributed by atoms with van der Waals surface area (Å²) in [6.45, 7) is 10.7. The first-order chi connectivity index (χ1) is 8.67. The Morgan fingerprint density at radius 2 is 2.11 bits per heavy atom. The first-order valence-electron chi connectivity index (χ1n) is 7.32. The molecule has 1 fully saturated rings. The van der Waals surface area contributed by atoms with E-state index in [0.29, 0.717) is 6.61 Å². The SMILES string of the molecule is CC(C)NC1(C(=O)O)CCCC1CCOC(C)(C)C. The summed E-state index contributed by atoms with van der Waals surface area (Å²) in [7, 11) is 0. The Kier molecular flexibility index (Phi) is 5.39. The zero-order valence-electron chi connectivity index (χ0n) is 13.0. The van der Waals surface area contributed by atoms with E-state index in [2.05, 4.69) is 5.32 Å². The molecule has 112 valence electrons. The Bertz CT molecular complexity index is 309. The summed E-state index contributed by atoms with van der Waals surface area (Å²) >= 11 is 0. The molecule has 19 heavy (non-hydrogen) atoms. The van der Waals surface area contributed by atoms with E-state index in [4.69, 9.17) is 4.74 Å². The van der Waals surface area contributed by atoms with Crippen LogP contribution in [0.1, 0.15) is 60.3 Å². The van der Waals surface area contributed by atoms with Crippen molar-refractivity contribution in [1.29, 1.82) is 0 Å². The molecular formula is C15H29NO3. The van der Waals surface area contributed by atoms with Crippen LogP contribution >= 0.6 is 0 Å². The van der Waals surface area contributed by atoms with Crippen LogP contribution in [0.3, 0.4) is 0 Å². The predicted octanol–water partition coefficient (Wildman–Crippen LogP) is 2.81. The second-order valence-electron chi connectivity index (χ2n) is 6.91. The lowest BCUT2D eigenvalue weighted by atomic mass is 9.84. The van der Waals surface area contributed by atoms with Crippen molar-refractivity contribution in [2.75, 3.05) is 6.61 Å². The van der Waals surface area contributed by atoms with E-state index in [-0.39, 0.29) is 17.6 Å². The largest absolute Gasteiger partial charge is 0.480 e. The fourth-order valence-electron chi connectivity index (χ4n) is 3.02. The number of carboxylic acid groups (broad SMARTS) is 1. The first-order valence-corrected chi connectivity index (χ1v) is 7.32. The lowest BCUT2D eigenvalue weighted by Crippen LogP contribution is -2.57. The van der Waals surface area contributed by atoms with Crippen LogP contribution in [0.15, 0.2) is 0 Å². The molecule has 2 N–H and O–H groups in total. The van der Waals surface area contributed by atoms with Gasteiger partial charge in [-0.1, -0.05) is 6.42 Å². The summed E-state index contributed by atoms with van der Waals surface area (Å²) in [6, 6.07) is 0.181. The van der Waals surface area contributed by atoms with Gasteiger partial charge in [-0.05, 0) is 59.8 Å². The predicted molar refractivity (Wildman–Crippen MR) is 76.3 cm³/mol. The van der Waals surface area contributed by atoms with Crippen molar-refractivity contribution in [3.8, 4) is 0 Å². The summed E-state index contributed by atoms with van der Waals surface area (Å²) in [5.41, 5.74) is -0.911. The molecule has 0 radical (unpaired) electrons. The second-order valence-corrected chi connectivity index (χ2v) is 6.91. The van der Waals surface area contributed by atoms with Gasteiger partial charge in [0, 0.05) is 12.6 Å². The molecule has 0 heterocycles. The number of hydrogen-bond acceptors (Lipinski definition) is 3. The molecule has 4 nitrogen and oxygen atoms in total. The molecular weight excluding hydrogens is 242 g/mol. The number of carbonyl (C=O) groups is 1. The molecule has 0 aromatic heterocycles. The summed E-state index contributed by atoms with van der Waals surface area (Å²) in [6.07, 6.45) is 3.48. The third kappa shape index (κ3) is 4.46. The molecule has 2 unspecified atom stereocenters. The first kappa shape index (κ1) is 16.4. The van der Waals surface area contributed by atoms with E-state index in [1.165, 1.54) is 0 Å². The van der Waals surface area contributed by atoms with E-state index in [1.807, 2.05) is 34.6 Å². The third-order valence-corrected chi connectivity index (χ3v) is 3.75. The molecule has 0 aromatic carbocycles. The van der Waals surface area contributed by atoms with Gasteiger partial charge in [-0.2, -0.15) is 0 Å². The highest BCUT2D eigenvalue weighted by Gasteiger charge is 2.49. The molecule has 1 saturated carbocycles. The number of rotatable bonds is 6. The van der Waals surface area contributed by atoms with Crippen LogP contribution in [0.2, 0.25) is 0 Å². The fourth-order valence-corrected chi connectivity index (χ4v) is 3.02. The molecule has 0 saturated heterocycles. The third-order valence-electron chi connectivity index (χ3n) is 3.75. The molecule has 2 atom stereocenters. The van der Waals surface area contributed by atoms with Gasteiger partial charge in [0.05, 0.1) is 5.60 Å². The standard InChI is InChI=1S/C15H29NO3/c1-11(2)16-15(13(17)18)9-6-7-12(15)8-10-19-14(3,4)5/h11-12,16H,6-10H2,1-5H3,(H,17,18). The van der Waals surface area contributed by atoms with Crippen LogP contribution in [0.4, 0.5) is 0 Å². The highest BCUT2D eigenvalue weighted by molar-refractivity contribution is 5.79. The number of carboxylic acids is 1. The van der Waals surface area contributed by atoms with E-state index < -0.39 is 11.5 Å². The highest BCUT2D eigenvalue weighted by Crippen LogP contribution is 2.38. The average molecular weight is 271 g/mol. The van der Waals surface area contributed by atoms with Crippen molar-refractivity contribution in [3.05, 3.63) is 0 Å². The monoisotopic (exact) mass is 271 g/mol. The van der Waals surface area contributed by atoms with Crippen molar-refractivity contribution in [1.82, 2.24) is 5.32 Å². The van der Waals surface area contributed by atoms with Crippen LogP contribution in [0.25, 0.3) is 0 Å². The van der Waals surface area contributed by atoms with E-state index in [1.54, 1.807) is 0 Å². The van der Waals surface area contributed by atoms with Gasteiger partial charge in [-0.15, -0.1) is 0 Å². The summed E-state index contributed by atoms with van der Waals surface area (Å²) < 4.78 is 5.75. The van der Waals surface area contributed by atoms with Crippen LogP contribution in [0.5, 0.6) is 0 Å². The number of hydrogen-bond donors (Lipinski definition) is 2. The lowest BCUT2D eigenvalue weighted by Gasteiger charge is -2.35.